The van der Waals surface area contributed by atoms with Crippen LogP contribution in [0.5, 0.6) is 0 Å². The largest absolute Gasteiger partial charge is 0.412 e. The van der Waals surface area contributed by atoms with Gasteiger partial charge in [0.05, 0.1) is 0 Å². The Morgan fingerprint density at radius 1 is 1.29 bits per heavy atom. The molecular weight excluding hydrogens is 257 g/mol. The van der Waals surface area contributed by atoms with Crippen LogP contribution < -0.4 is 10.6 Å². The second-order valence-electron chi connectivity index (χ2n) is 3.25. The maximum atomic E-state index is 12.7. The molecular formula is C10H10ClF3N2O. The SMILES string of the molecule is CNC(=O)N[C@@H](c1ccc(Cl)cc1)C(F)(F)F. The molecule has 0 fully saturated rings. The smallest absolute Gasteiger partial charge is 0.341 e. The molecule has 17 heavy (non-hydrogen) atoms. The number of rotatable bonds is 2. The average molecular weight is 267 g/mol. The monoisotopic (exact) mass is 266 g/mol. The molecule has 0 unspecified atom stereocenters. The highest BCUT2D eigenvalue weighted by atomic mass is 35.5. The van der Waals surface area contributed by atoms with Gasteiger partial charge in [0.15, 0.2) is 6.04 Å². The summed E-state index contributed by atoms with van der Waals surface area (Å²) in [6.45, 7) is 0. The van der Waals surface area contributed by atoms with Gasteiger partial charge < -0.3 is 10.6 Å². The van der Waals surface area contributed by atoms with Crippen molar-refractivity contribution in [2.45, 2.75) is 12.2 Å². The van der Waals surface area contributed by atoms with Crippen molar-refractivity contribution in [1.29, 1.82) is 0 Å². The van der Waals surface area contributed by atoms with Crippen molar-refractivity contribution in [1.82, 2.24) is 10.6 Å². The minimum absolute atomic E-state index is 0.0782. The number of hydrogen-bond donors (Lipinski definition) is 2. The highest BCUT2D eigenvalue weighted by molar-refractivity contribution is 6.30. The van der Waals surface area contributed by atoms with E-state index in [4.69, 9.17) is 11.6 Å². The van der Waals surface area contributed by atoms with Gasteiger partial charge >= 0.3 is 12.2 Å². The predicted molar refractivity (Wildman–Crippen MR) is 57.8 cm³/mol. The summed E-state index contributed by atoms with van der Waals surface area (Å²) in [7, 11) is 1.24. The summed E-state index contributed by atoms with van der Waals surface area (Å²) in [5, 5.41) is 4.23. The molecule has 1 atom stereocenters. The average Bonchev–Trinajstić information content (AvgIpc) is 2.25. The van der Waals surface area contributed by atoms with Crippen molar-refractivity contribution in [3.8, 4) is 0 Å². The molecule has 0 bridgehead atoms. The Kier molecular flexibility index (Phi) is 4.22. The Labute approximate surface area is 101 Å². The van der Waals surface area contributed by atoms with Crippen molar-refractivity contribution >= 4 is 17.6 Å². The van der Waals surface area contributed by atoms with E-state index in [-0.39, 0.29) is 5.56 Å². The molecule has 0 saturated heterocycles. The molecule has 0 aliphatic carbocycles. The van der Waals surface area contributed by atoms with Crippen LogP contribution in [0.15, 0.2) is 24.3 Å². The number of carbonyl (C=O) groups excluding carboxylic acids is 1. The number of hydrogen-bond acceptors (Lipinski definition) is 1. The zero-order valence-electron chi connectivity index (χ0n) is 8.81. The Hall–Kier alpha value is -1.43. The van der Waals surface area contributed by atoms with E-state index in [9.17, 15) is 18.0 Å². The van der Waals surface area contributed by atoms with Gasteiger partial charge in [0, 0.05) is 12.1 Å². The molecule has 0 saturated carbocycles. The van der Waals surface area contributed by atoms with E-state index in [2.05, 4.69) is 5.32 Å². The molecule has 0 aromatic heterocycles. The molecule has 0 spiro atoms. The predicted octanol–water partition coefficient (Wildman–Crippen LogP) is 2.87. The van der Waals surface area contributed by atoms with Crippen LogP contribution in [0.1, 0.15) is 11.6 Å². The van der Waals surface area contributed by atoms with E-state index in [1.54, 1.807) is 0 Å². The molecule has 94 valence electrons. The number of amides is 2. The number of benzene rings is 1. The van der Waals surface area contributed by atoms with E-state index >= 15 is 0 Å². The van der Waals surface area contributed by atoms with Gasteiger partial charge in [-0.1, -0.05) is 23.7 Å². The van der Waals surface area contributed by atoms with Gasteiger partial charge in [-0.25, -0.2) is 4.79 Å². The first-order valence-corrected chi connectivity index (χ1v) is 5.03. The topological polar surface area (TPSA) is 41.1 Å². The maximum Gasteiger partial charge on any atom is 0.412 e. The lowest BCUT2D eigenvalue weighted by Crippen LogP contribution is -2.42. The van der Waals surface area contributed by atoms with E-state index in [0.29, 0.717) is 5.02 Å². The lowest BCUT2D eigenvalue weighted by Gasteiger charge is -2.21. The fourth-order valence-electron chi connectivity index (χ4n) is 1.21. The molecule has 0 aliphatic heterocycles. The zero-order valence-corrected chi connectivity index (χ0v) is 9.56. The molecule has 1 aromatic rings. The lowest BCUT2D eigenvalue weighted by atomic mass is 10.1. The summed E-state index contributed by atoms with van der Waals surface area (Å²) in [6, 6.07) is 2.15. The molecule has 3 nitrogen and oxygen atoms in total. The van der Waals surface area contributed by atoms with E-state index < -0.39 is 18.2 Å². The first-order chi connectivity index (χ1) is 7.84. The van der Waals surface area contributed by atoms with Crippen LogP contribution in [0.4, 0.5) is 18.0 Å². The van der Waals surface area contributed by atoms with Gasteiger partial charge in [-0.05, 0) is 17.7 Å². The van der Waals surface area contributed by atoms with E-state index in [1.165, 1.54) is 31.3 Å². The van der Waals surface area contributed by atoms with Crippen LogP contribution in [0.25, 0.3) is 0 Å². The Bertz CT molecular complexity index is 392. The van der Waals surface area contributed by atoms with Crippen molar-refractivity contribution in [3.05, 3.63) is 34.9 Å². The van der Waals surface area contributed by atoms with Gasteiger partial charge in [-0.2, -0.15) is 13.2 Å². The second kappa shape index (κ2) is 5.27. The van der Waals surface area contributed by atoms with Crippen molar-refractivity contribution < 1.29 is 18.0 Å². The second-order valence-corrected chi connectivity index (χ2v) is 3.69. The number of nitrogens with one attached hydrogen (secondary N) is 2. The molecule has 0 radical (unpaired) electrons. The molecule has 1 aromatic carbocycles. The van der Waals surface area contributed by atoms with Crippen LogP contribution in [-0.4, -0.2) is 19.3 Å². The fraction of sp³-hybridized carbons (Fsp3) is 0.300. The molecule has 2 N–H and O–H groups in total. The fourth-order valence-corrected chi connectivity index (χ4v) is 1.34. The first kappa shape index (κ1) is 13.6. The van der Waals surface area contributed by atoms with E-state index in [1.807, 2.05) is 5.32 Å². The third-order valence-electron chi connectivity index (χ3n) is 2.03. The van der Waals surface area contributed by atoms with Crippen LogP contribution >= 0.6 is 11.6 Å². The maximum absolute atomic E-state index is 12.7. The number of halogens is 4. The van der Waals surface area contributed by atoms with Gasteiger partial charge in [0.2, 0.25) is 0 Å². The zero-order chi connectivity index (χ0) is 13.1. The van der Waals surface area contributed by atoms with Gasteiger partial charge in [0.1, 0.15) is 0 Å². The molecule has 2 amide bonds. The summed E-state index contributed by atoms with van der Waals surface area (Å²) in [6.07, 6.45) is -4.57. The Morgan fingerprint density at radius 3 is 2.24 bits per heavy atom. The van der Waals surface area contributed by atoms with Crippen molar-refractivity contribution in [2.75, 3.05) is 7.05 Å². The standard InChI is InChI=1S/C10H10ClF3N2O/c1-15-9(17)16-8(10(12,13)14)6-2-4-7(11)5-3-6/h2-5,8H,1H3,(H2,15,16,17)/t8-/m0/s1. The van der Waals surface area contributed by atoms with Crippen LogP contribution in [0.3, 0.4) is 0 Å². The molecule has 0 heterocycles. The van der Waals surface area contributed by atoms with Crippen LogP contribution in [0, 0.1) is 0 Å². The molecule has 7 heteroatoms. The Balaban J connectivity index is 2.98. The van der Waals surface area contributed by atoms with Crippen LogP contribution in [0.2, 0.25) is 5.02 Å². The third-order valence-corrected chi connectivity index (χ3v) is 2.29. The summed E-state index contributed by atoms with van der Waals surface area (Å²) >= 11 is 5.58. The number of carbonyl (C=O) groups is 1. The molecule has 1 rings (SSSR count). The highest BCUT2D eigenvalue weighted by Crippen LogP contribution is 2.32. The van der Waals surface area contributed by atoms with E-state index in [0.717, 1.165) is 0 Å². The Morgan fingerprint density at radius 2 is 1.82 bits per heavy atom. The number of urea groups is 1. The lowest BCUT2D eigenvalue weighted by molar-refractivity contribution is -0.154. The number of alkyl halides is 3. The quantitative estimate of drug-likeness (QED) is 0.849. The third kappa shape index (κ3) is 3.81. The van der Waals surface area contributed by atoms with Crippen molar-refractivity contribution in [2.24, 2.45) is 0 Å². The summed E-state index contributed by atoms with van der Waals surface area (Å²) in [4.78, 5) is 11.0. The van der Waals surface area contributed by atoms with Gasteiger partial charge in [-0.3, -0.25) is 0 Å². The molecule has 0 aliphatic rings. The minimum atomic E-state index is -4.57. The summed E-state index contributed by atoms with van der Waals surface area (Å²) in [5.41, 5.74) is -0.0782. The van der Waals surface area contributed by atoms with Gasteiger partial charge in [0.25, 0.3) is 0 Å². The van der Waals surface area contributed by atoms with Crippen LogP contribution in [-0.2, 0) is 0 Å². The normalized spacial score (nSPS) is 13.0. The minimum Gasteiger partial charge on any atom is -0.341 e. The highest BCUT2D eigenvalue weighted by Gasteiger charge is 2.41. The van der Waals surface area contributed by atoms with Crippen molar-refractivity contribution in [3.63, 3.8) is 0 Å². The van der Waals surface area contributed by atoms with Gasteiger partial charge in [-0.15, -0.1) is 0 Å². The first-order valence-electron chi connectivity index (χ1n) is 4.65. The summed E-state index contributed by atoms with van der Waals surface area (Å²) < 4.78 is 38.2. The summed E-state index contributed by atoms with van der Waals surface area (Å²) in [5.74, 6) is 0.